The molecule has 3 nitrogen and oxygen atoms in total. The Morgan fingerprint density at radius 1 is 1.30 bits per heavy atom. The zero-order valence-corrected chi connectivity index (χ0v) is 13.4. The van der Waals surface area contributed by atoms with Gasteiger partial charge in [0.25, 0.3) is 0 Å². The zero-order chi connectivity index (χ0) is 14.5. The fourth-order valence-corrected chi connectivity index (χ4v) is 2.70. The largest absolute Gasteiger partial charge is 0.497 e. The third-order valence-electron chi connectivity index (χ3n) is 3.11. The molecule has 0 aliphatic heterocycles. The van der Waals surface area contributed by atoms with Crippen molar-refractivity contribution in [1.29, 1.82) is 0 Å². The number of methoxy groups -OCH3 is 1. The highest BCUT2D eigenvalue weighted by atomic mass is 79.9. The van der Waals surface area contributed by atoms with Gasteiger partial charge in [0.2, 0.25) is 0 Å². The van der Waals surface area contributed by atoms with Gasteiger partial charge in [0.1, 0.15) is 5.75 Å². The number of rotatable bonds is 5. The molecule has 5 heteroatoms. The molecule has 0 aliphatic rings. The number of nitrogens with two attached hydrogens (primary N) is 1. The molecule has 0 saturated carbocycles. The van der Waals surface area contributed by atoms with Crippen LogP contribution in [0.3, 0.4) is 0 Å². The lowest BCUT2D eigenvalue weighted by Crippen LogP contribution is -2.29. The molecule has 0 saturated heterocycles. The van der Waals surface area contributed by atoms with Crippen molar-refractivity contribution in [3.05, 3.63) is 63.1 Å². The van der Waals surface area contributed by atoms with Gasteiger partial charge in [0.05, 0.1) is 13.2 Å². The zero-order valence-electron chi connectivity index (χ0n) is 11.1. The predicted octanol–water partition coefficient (Wildman–Crippen LogP) is 3.86. The number of hydrazine groups is 1. The van der Waals surface area contributed by atoms with Crippen molar-refractivity contribution in [3.63, 3.8) is 0 Å². The summed E-state index contributed by atoms with van der Waals surface area (Å²) in [6, 6.07) is 13.6. The van der Waals surface area contributed by atoms with Gasteiger partial charge in [-0.1, -0.05) is 39.7 Å². The summed E-state index contributed by atoms with van der Waals surface area (Å²) in [4.78, 5) is 0. The molecular weight excluding hydrogens is 340 g/mol. The van der Waals surface area contributed by atoms with Gasteiger partial charge in [0, 0.05) is 9.50 Å². The van der Waals surface area contributed by atoms with E-state index in [9.17, 15) is 0 Å². The second kappa shape index (κ2) is 7.09. The van der Waals surface area contributed by atoms with Crippen molar-refractivity contribution in [3.8, 4) is 5.75 Å². The maximum atomic E-state index is 6.25. The molecular formula is C15H16BrClN2O. The summed E-state index contributed by atoms with van der Waals surface area (Å²) in [5, 5.41) is 0.694. The molecule has 0 heterocycles. The van der Waals surface area contributed by atoms with Gasteiger partial charge >= 0.3 is 0 Å². The van der Waals surface area contributed by atoms with Crippen LogP contribution in [0, 0.1) is 0 Å². The Labute approximate surface area is 132 Å². The van der Waals surface area contributed by atoms with Crippen LogP contribution in [0.1, 0.15) is 17.2 Å². The Hall–Kier alpha value is -1.07. The first kappa shape index (κ1) is 15.3. The molecule has 1 unspecified atom stereocenters. The summed E-state index contributed by atoms with van der Waals surface area (Å²) in [5.74, 6) is 6.52. The number of hydrogen-bond donors (Lipinski definition) is 2. The second-order valence-corrected chi connectivity index (χ2v) is 5.76. The molecule has 2 aromatic rings. The quantitative estimate of drug-likeness (QED) is 0.632. The summed E-state index contributed by atoms with van der Waals surface area (Å²) >= 11 is 9.71. The highest BCUT2D eigenvalue weighted by Crippen LogP contribution is 2.29. The van der Waals surface area contributed by atoms with Crippen molar-refractivity contribution < 1.29 is 4.74 Å². The van der Waals surface area contributed by atoms with Crippen LogP contribution in [0.5, 0.6) is 5.75 Å². The Balaban J connectivity index is 2.26. The molecule has 106 valence electrons. The molecule has 20 heavy (non-hydrogen) atoms. The molecule has 0 aromatic heterocycles. The summed E-state index contributed by atoms with van der Waals surface area (Å²) in [6.07, 6.45) is 0.726. The van der Waals surface area contributed by atoms with Crippen LogP contribution in [0.2, 0.25) is 5.02 Å². The summed E-state index contributed by atoms with van der Waals surface area (Å²) in [6.45, 7) is 0. The van der Waals surface area contributed by atoms with E-state index in [4.69, 9.17) is 22.2 Å². The maximum Gasteiger partial charge on any atom is 0.119 e. The van der Waals surface area contributed by atoms with Gasteiger partial charge in [-0.3, -0.25) is 11.3 Å². The van der Waals surface area contributed by atoms with E-state index in [1.807, 2.05) is 42.5 Å². The van der Waals surface area contributed by atoms with Crippen molar-refractivity contribution in [2.24, 2.45) is 5.84 Å². The van der Waals surface area contributed by atoms with Crippen LogP contribution in [-0.2, 0) is 6.42 Å². The predicted molar refractivity (Wildman–Crippen MR) is 85.9 cm³/mol. The van der Waals surface area contributed by atoms with Gasteiger partial charge in [0.15, 0.2) is 0 Å². The fourth-order valence-electron chi connectivity index (χ4n) is 2.08. The minimum absolute atomic E-state index is 0.0629. The minimum Gasteiger partial charge on any atom is -0.497 e. The minimum atomic E-state index is -0.0629. The van der Waals surface area contributed by atoms with Crippen molar-refractivity contribution in [2.45, 2.75) is 12.5 Å². The third-order valence-corrected chi connectivity index (χ3v) is 3.95. The van der Waals surface area contributed by atoms with Gasteiger partial charge in [-0.15, -0.1) is 0 Å². The Morgan fingerprint density at radius 3 is 2.80 bits per heavy atom. The number of halogens is 2. The molecule has 0 fully saturated rings. The van der Waals surface area contributed by atoms with Crippen molar-refractivity contribution >= 4 is 27.5 Å². The molecule has 0 bridgehead atoms. The van der Waals surface area contributed by atoms with E-state index in [-0.39, 0.29) is 6.04 Å². The van der Waals surface area contributed by atoms with E-state index in [2.05, 4.69) is 21.4 Å². The average Bonchev–Trinajstić information content (AvgIpc) is 2.47. The number of hydrogen-bond acceptors (Lipinski definition) is 3. The highest BCUT2D eigenvalue weighted by molar-refractivity contribution is 9.10. The van der Waals surface area contributed by atoms with E-state index >= 15 is 0 Å². The highest BCUT2D eigenvalue weighted by Gasteiger charge is 2.14. The Kier molecular flexibility index (Phi) is 5.43. The topological polar surface area (TPSA) is 47.3 Å². The van der Waals surface area contributed by atoms with Crippen molar-refractivity contribution in [2.75, 3.05) is 7.11 Å². The Morgan fingerprint density at radius 2 is 2.10 bits per heavy atom. The van der Waals surface area contributed by atoms with Crippen LogP contribution in [0.4, 0.5) is 0 Å². The van der Waals surface area contributed by atoms with E-state index in [1.54, 1.807) is 7.11 Å². The van der Waals surface area contributed by atoms with Crippen molar-refractivity contribution in [1.82, 2.24) is 5.43 Å². The number of ether oxygens (including phenoxy) is 1. The maximum absolute atomic E-state index is 6.25. The van der Waals surface area contributed by atoms with Crippen LogP contribution in [0.25, 0.3) is 0 Å². The van der Waals surface area contributed by atoms with Crippen LogP contribution in [-0.4, -0.2) is 7.11 Å². The van der Waals surface area contributed by atoms with E-state index in [1.165, 1.54) is 0 Å². The number of benzene rings is 2. The van der Waals surface area contributed by atoms with E-state index in [0.29, 0.717) is 5.02 Å². The second-order valence-electron chi connectivity index (χ2n) is 4.44. The fraction of sp³-hybridized carbons (Fsp3) is 0.200. The molecule has 3 N–H and O–H groups in total. The van der Waals surface area contributed by atoms with Gasteiger partial charge in [-0.2, -0.15) is 0 Å². The smallest absolute Gasteiger partial charge is 0.119 e. The molecule has 1 atom stereocenters. The molecule has 2 rings (SSSR count). The third kappa shape index (κ3) is 3.73. The summed E-state index contributed by atoms with van der Waals surface area (Å²) < 4.78 is 6.21. The molecule has 2 aromatic carbocycles. The lowest BCUT2D eigenvalue weighted by molar-refractivity contribution is 0.414. The Bertz CT molecular complexity index is 592. The standard InChI is InChI=1S/C15H16BrClN2O/c1-20-12-4-2-3-10(7-12)8-15(19-18)13-9-11(16)5-6-14(13)17/h2-7,9,15,19H,8,18H2,1H3. The summed E-state index contributed by atoms with van der Waals surface area (Å²) in [7, 11) is 1.66. The molecule has 0 spiro atoms. The van der Waals surface area contributed by atoms with Gasteiger partial charge in [-0.25, -0.2) is 0 Å². The molecule has 0 aliphatic carbocycles. The van der Waals surface area contributed by atoms with E-state index < -0.39 is 0 Å². The monoisotopic (exact) mass is 354 g/mol. The van der Waals surface area contributed by atoms with E-state index in [0.717, 1.165) is 27.8 Å². The average molecular weight is 356 g/mol. The number of nitrogens with one attached hydrogen (secondary N) is 1. The first-order valence-electron chi connectivity index (χ1n) is 6.18. The van der Waals surface area contributed by atoms with Gasteiger partial charge < -0.3 is 4.74 Å². The summed E-state index contributed by atoms with van der Waals surface area (Å²) in [5.41, 5.74) is 4.92. The normalized spacial score (nSPS) is 12.2. The molecule has 0 radical (unpaired) electrons. The lowest BCUT2D eigenvalue weighted by Gasteiger charge is -2.18. The molecule has 0 amide bonds. The lowest BCUT2D eigenvalue weighted by atomic mass is 9.99. The van der Waals surface area contributed by atoms with Crippen LogP contribution < -0.4 is 16.0 Å². The van der Waals surface area contributed by atoms with Crippen LogP contribution in [0.15, 0.2) is 46.9 Å². The van der Waals surface area contributed by atoms with Crippen LogP contribution >= 0.6 is 27.5 Å². The first-order chi connectivity index (χ1) is 9.63. The van der Waals surface area contributed by atoms with Gasteiger partial charge in [-0.05, 0) is 47.9 Å². The first-order valence-corrected chi connectivity index (χ1v) is 7.35. The SMILES string of the molecule is COc1cccc(CC(NN)c2cc(Br)ccc2Cl)c1.